The number of likely N-dealkylation sites (tertiary alicyclic amines) is 1. The monoisotopic (exact) mass is 288 g/mol. The number of hydrogen-bond donors (Lipinski definition) is 1. The minimum absolute atomic E-state index is 0.439. The number of hydrogen-bond acceptors (Lipinski definition) is 2. The summed E-state index contributed by atoms with van der Waals surface area (Å²) in [4.78, 5) is 2.62. The van der Waals surface area contributed by atoms with E-state index in [0.29, 0.717) is 12.1 Å². The fourth-order valence-corrected chi connectivity index (χ4v) is 3.47. The topological polar surface area (TPSA) is 15.3 Å². The Balaban J connectivity index is 1.81. The van der Waals surface area contributed by atoms with E-state index in [0.717, 1.165) is 5.92 Å². The molecule has 1 aromatic rings. The summed E-state index contributed by atoms with van der Waals surface area (Å²) in [5.74, 6) is 0.825. The lowest BCUT2D eigenvalue weighted by Crippen LogP contribution is -2.42. The molecule has 1 unspecified atom stereocenters. The normalized spacial score (nSPS) is 20.4. The molecule has 0 aromatic heterocycles. The van der Waals surface area contributed by atoms with Gasteiger partial charge >= 0.3 is 0 Å². The Morgan fingerprint density at radius 2 is 1.76 bits per heavy atom. The Morgan fingerprint density at radius 1 is 1.14 bits per heavy atom. The average Bonchev–Trinajstić information content (AvgIpc) is 2.49. The maximum Gasteiger partial charge on any atom is 0.0294 e. The van der Waals surface area contributed by atoms with Gasteiger partial charge in [-0.25, -0.2) is 0 Å². The van der Waals surface area contributed by atoms with Gasteiger partial charge in [0.2, 0.25) is 0 Å². The van der Waals surface area contributed by atoms with Crippen molar-refractivity contribution in [3.05, 3.63) is 35.4 Å². The van der Waals surface area contributed by atoms with Gasteiger partial charge < -0.3 is 10.2 Å². The summed E-state index contributed by atoms with van der Waals surface area (Å²) in [5, 5.41) is 3.81. The first-order valence-corrected chi connectivity index (χ1v) is 8.65. The summed E-state index contributed by atoms with van der Waals surface area (Å²) in [6, 6.07) is 9.97. The maximum atomic E-state index is 3.81. The summed E-state index contributed by atoms with van der Waals surface area (Å²) in [6.45, 7) is 12.9. The van der Waals surface area contributed by atoms with E-state index in [9.17, 15) is 0 Å². The molecule has 1 N–H and O–H groups in total. The van der Waals surface area contributed by atoms with E-state index in [1.807, 2.05) is 0 Å². The Bertz CT molecular complexity index is 404. The number of rotatable bonds is 6. The molecule has 21 heavy (non-hydrogen) atoms. The molecule has 1 aromatic carbocycles. The quantitative estimate of drug-likeness (QED) is 0.845. The molecule has 2 atom stereocenters. The Morgan fingerprint density at radius 3 is 2.33 bits per heavy atom. The Labute approximate surface area is 130 Å². The van der Waals surface area contributed by atoms with E-state index >= 15 is 0 Å². The van der Waals surface area contributed by atoms with Crippen LogP contribution in [0.4, 0.5) is 0 Å². The van der Waals surface area contributed by atoms with Gasteiger partial charge in [-0.1, -0.05) is 36.8 Å². The molecule has 118 valence electrons. The van der Waals surface area contributed by atoms with Gasteiger partial charge in [0.05, 0.1) is 0 Å². The van der Waals surface area contributed by atoms with Crippen LogP contribution in [0.3, 0.4) is 0 Å². The average molecular weight is 288 g/mol. The highest BCUT2D eigenvalue weighted by Gasteiger charge is 2.24. The standard InChI is InChI=1S/C19H32N2/c1-5-12-21-13-10-19(11-14-21)17(4)20-16(3)18-8-6-15(2)7-9-18/h6-9,16-17,19-20H,5,10-14H2,1-4H3/t16-,17?/m1/s1. The fourth-order valence-electron chi connectivity index (χ4n) is 3.47. The molecule has 0 bridgehead atoms. The molecule has 0 saturated carbocycles. The van der Waals surface area contributed by atoms with Gasteiger partial charge in [-0.2, -0.15) is 0 Å². The van der Waals surface area contributed by atoms with Gasteiger partial charge in [0, 0.05) is 12.1 Å². The molecule has 0 radical (unpaired) electrons. The highest BCUT2D eigenvalue weighted by Crippen LogP contribution is 2.23. The Kier molecular flexibility index (Phi) is 6.25. The van der Waals surface area contributed by atoms with Gasteiger partial charge in [-0.05, 0) is 71.1 Å². The molecule has 1 aliphatic heterocycles. The summed E-state index contributed by atoms with van der Waals surface area (Å²) in [5.41, 5.74) is 2.73. The lowest BCUT2D eigenvalue weighted by atomic mass is 9.89. The lowest BCUT2D eigenvalue weighted by molar-refractivity contribution is 0.159. The lowest BCUT2D eigenvalue weighted by Gasteiger charge is -2.36. The molecular weight excluding hydrogens is 256 g/mol. The minimum Gasteiger partial charge on any atom is -0.307 e. The van der Waals surface area contributed by atoms with E-state index in [1.165, 1.54) is 50.0 Å². The van der Waals surface area contributed by atoms with E-state index < -0.39 is 0 Å². The molecule has 0 aliphatic carbocycles. The second kappa shape index (κ2) is 7.95. The second-order valence-corrected chi connectivity index (χ2v) is 6.77. The molecule has 1 saturated heterocycles. The fraction of sp³-hybridized carbons (Fsp3) is 0.684. The van der Waals surface area contributed by atoms with Crippen LogP contribution in [0.2, 0.25) is 0 Å². The van der Waals surface area contributed by atoms with Crippen molar-refractivity contribution in [3.63, 3.8) is 0 Å². The number of nitrogens with one attached hydrogen (secondary N) is 1. The highest BCUT2D eigenvalue weighted by molar-refractivity contribution is 5.23. The van der Waals surface area contributed by atoms with Crippen molar-refractivity contribution in [2.24, 2.45) is 5.92 Å². The van der Waals surface area contributed by atoms with Crippen LogP contribution < -0.4 is 5.32 Å². The highest BCUT2D eigenvalue weighted by atomic mass is 15.1. The van der Waals surface area contributed by atoms with Crippen LogP contribution in [-0.2, 0) is 0 Å². The van der Waals surface area contributed by atoms with Crippen LogP contribution in [0, 0.1) is 12.8 Å². The third-order valence-corrected chi connectivity index (χ3v) is 4.97. The third kappa shape index (κ3) is 4.82. The first-order chi connectivity index (χ1) is 10.1. The first kappa shape index (κ1) is 16.5. The van der Waals surface area contributed by atoms with Gasteiger partial charge in [-0.15, -0.1) is 0 Å². The van der Waals surface area contributed by atoms with Crippen LogP contribution in [0.1, 0.15) is 57.2 Å². The van der Waals surface area contributed by atoms with Crippen molar-refractivity contribution in [1.29, 1.82) is 0 Å². The summed E-state index contributed by atoms with van der Waals surface area (Å²) < 4.78 is 0. The molecule has 2 heteroatoms. The first-order valence-electron chi connectivity index (χ1n) is 8.65. The molecular formula is C19H32N2. The van der Waals surface area contributed by atoms with Gasteiger partial charge in [0.1, 0.15) is 0 Å². The van der Waals surface area contributed by atoms with Crippen molar-refractivity contribution >= 4 is 0 Å². The number of aryl methyl sites for hydroxylation is 1. The molecule has 2 nitrogen and oxygen atoms in total. The van der Waals surface area contributed by atoms with Crippen LogP contribution in [0.15, 0.2) is 24.3 Å². The molecule has 1 fully saturated rings. The maximum absolute atomic E-state index is 3.81. The second-order valence-electron chi connectivity index (χ2n) is 6.77. The van der Waals surface area contributed by atoms with E-state index in [-0.39, 0.29) is 0 Å². The van der Waals surface area contributed by atoms with Gasteiger partial charge in [-0.3, -0.25) is 0 Å². The zero-order valence-corrected chi connectivity index (χ0v) is 14.2. The minimum atomic E-state index is 0.439. The van der Waals surface area contributed by atoms with Gasteiger partial charge in [0.15, 0.2) is 0 Å². The van der Waals surface area contributed by atoms with Gasteiger partial charge in [0.25, 0.3) is 0 Å². The van der Waals surface area contributed by atoms with E-state index in [1.54, 1.807) is 0 Å². The van der Waals surface area contributed by atoms with E-state index in [2.05, 4.69) is 62.2 Å². The smallest absolute Gasteiger partial charge is 0.0294 e. The zero-order valence-electron chi connectivity index (χ0n) is 14.2. The molecule has 0 spiro atoms. The van der Waals surface area contributed by atoms with Crippen LogP contribution in [-0.4, -0.2) is 30.6 Å². The zero-order chi connectivity index (χ0) is 15.2. The molecule has 0 amide bonds. The third-order valence-electron chi connectivity index (χ3n) is 4.97. The summed E-state index contributed by atoms with van der Waals surface area (Å²) >= 11 is 0. The van der Waals surface area contributed by atoms with Crippen molar-refractivity contribution in [1.82, 2.24) is 10.2 Å². The van der Waals surface area contributed by atoms with Crippen molar-refractivity contribution in [3.8, 4) is 0 Å². The molecule has 1 heterocycles. The Hall–Kier alpha value is -0.860. The van der Waals surface area contributed by atoms with Crippen molar-refractivity contribution < 1.29 is 0 Å². The summed E-state index contributed by atoms with van der Waals surface area (Å²) in [6.07, 6.45) is 3.96. The van der Waals surface area contributed by atoms with E-state index in [4.69, 9.17) is 0 Å². The molecule has 2 rings (SSSR count). The number of benzene rings is 1. The number of piperidine rings is 1. The summed E-state index contributed by atoms with van der Waals surface area (Å²) in [7, 11) is 0. The van der Waals surface area contributed by atoms with Crippen LogP contribution >= 0.6 is 0 Å². The van der Waals surface area contributed by atoms with Crippen molar-refractivity contribution in [2.45, 2.75) is 59.0 Å². The largest absolute Gasteiger partial charge is 0.307 e. The SMILES string of the molecule is CCCN1CCC(C(C)N[C@H](C)c2ccc(C)cc2)CC1. The molecule has 1 aliphatic rings. The predicted molar refractivity (Wildman–Crippen MR) is 91.6 cm³/mol. The number of nitrogens with zero attached hydrogens (tertiary/aromatic N) is 1. The van der Waals surface area contributed by atoms with Crippen molar-refractivity contribution in [2.75, 3.05) is 19.6 Å². The predicted octanol–water partition coefficient (Wildman–Crippen LogP) is 4.16. The van der Waals surface area contributed by atoms with Crippen LogP contribution in [0.5, 0.6) is 0 Å². The van der Waals surface area contributed by atoms with Crippen LogP contribution in [0.25, 0.3) is 0 Å².